The van der Waals surface area contributed by atoms with Gasteiger partial charge in [-0.25, -0.2) is 4.79 Å². The Morgan fingerprint density at radius 2 is 1.76 bits per heavy atom. The van der Waals surface area contributed by atoms with Crippen LogP contribution in [0, 0.1) is 29.6 Å². The molecule has 9 heteroatoms. The molecule has 2 N–H and O–H groups in total. The number of allylic oxidation sites excluding steroid dienone is 5. The standard InChI is InChI=1S/C36H60O9/c1-13-28-25(6)31(42-11)20-36(43-12,45-28)27(8)33(38)26(7)34-29(40-9)16-14-15-21(2)17-23(4)32(37)24(5)18-22(3)19-30(41-10)35(39)44-34/h14-16,18-19,23-29,31-34,37-38H,13,17,20H2,1-12H3/t23-,24?,25-,26?,27?,28?,29-,31?,32?,33?,34?,36?/m0/s1. The van der Waals surface area contributed by atoms with Gasteiger partial charge in [0, 0.05) is 51.4 Å². The van der Waals surface area contributed by atoms with Crippen molar-refractivity contribution in [1.82, 2.24) is 0 Å². The molecule has 45 heavy (non-hydrogen) atoms. The topological polar surface area (TPSA) is 113 Å². The lowest BCUT2D eigenvalue weighted by molar-refractivity contribution is -0.335. The van der Waals surface area contributed by atoms with E-state index in [1.807, 2.05) is 65.8 Å². The van der Waals surface area contributed by atoms with Crippen LogP contribution in [-0.4, -0.2) is 87.0 Å². The fourth-order valence-electron chi connectivity index (χ4n) is 6.88. The van der Waals surface area contributed by atoms with Crippen LogP contribution in [0.5, 0.6) is 0 Å². The van der Waals surface area contributed by atoms with Crippen molar-refractivity contribution >= 4 is 5.97 Å². The van der Waals surface area contributed by atoms with Gasteiger partial charge in [0.1, 0.15) is 12.2 Å². The maximum Gasteiger partial charge on any atom is 0.373 e. The zero-order valence-corrected chi connectivity index (χ0v) is 29.6. The molecule has 2 heterocycles. The van der Waals surface area contributed by atoms with Crippen LogP contribution in [0.2, 0.25) is 0 Å². The van der Waals surface area contributed by atoms with E-state index in [9.17, 15) is 15.0 Å². The van der Waals surface area contributed by atoms with Gasteiger partial charge in [-0.3, -0.25) is 0 Å². The van der Waals surface area contributed by atoms with Gasteiger partial charge in [0.05, 0.1) is 31.5 Å². The van der Waals surface area contributed by atoms with Crippen LogP contribution in [0.3, 0.4) is 0 Å². The Morgan fingerprint density at radius 3 is 2.31 bits per heavy atom. The summed E-state index contributed by atoms with van der Waals surface area (Å²) in [6, 6.07) is 0. The van der Waals surface area contributed by atoms with Crippen LogP contribution in [0.25, 0.3) is 0 Å². The first-order chi connectivity index (χ1) is 21.2. The van der Waals surface area contributed by atoms with Crippen molar-refractivity contribution in [3.63, 3.8) is 0 Å². The smallest absolute Gasteiger partial charge is 0.373 e. The SMILES string of the molecule is CCC1OC(OC)(C(C)C(O)C(C)C2OC(=O)C(OC)=CC(C)=CC(C)C(O)[C@@H](C)CC(C)=CC=C[C@@H]2OC)CC(OC)[C@H]1C. The maximum absolute atomic E-state index is 13.6. The number of carbonyl (C=O) groups is 1. The summed E-state index contributed by atoms with van der Waals surface area (Å²) < 4.78 is 35.9. The molecule has 0 aliphatic carbocycles. The molecule has 0 amide bonds. The summed E-state index contributed by atoms with van der Waals surface area (Å²) in [6.07, 6.45) is 7.73. The van der Waals surface area contributed by atoms with Gasteiger partial charge < -0.3 is 38.6 Å². The lowest BCUT2D eigenvalue weighted by atomic mass is 9.77. The minimum Gasteiger partial charge on any atom is -0.490 e. The highest BCUT2D eigenvalue weighted by Gasteiger charge is 2.52. The van der Waals surface area contributed by atoms with E-state index in [2.05, 4.69) is 13.8 Å². The molecule has 0 aromatic heterocycles. The van der Waals surface area contributed by atoms with Crippen molar-refractivity contribution in [2.45, 2.75) is 117 Å². The van der Waals surface area contributed by atoms with Crippen LogP contribution < -0.4 is 0 Å². The van der Waals surface area contributed by atoms with Gasteiger partial charge in [-0.2, -0.15) is 0 Å². The van der Waals surface area contributed by atoms with Crippen molar-refractivity contribution in [2.75, 3.05) is 28.4 Å². The second-order valence-electron chi connectivity index (χ2n) is 13.2. The van der Waals surface area contributed by atoms with Gasteiger partial charge in [0.15, 0.2) is 5.79 Å². The van der Waals surface area contributed by atoms with E-state index in [4.69, 9.17) is 28.4 Å². The summed E-state index contributed by atoms with van der Waals surface area (Å²) in [5.74, 6) is -2.89. The van der Waals surface area contributed by atoms with E-state index >= 15 is 0 Å². The number of esters is 1. The monoisotopic (exact) mass is 636 g/mol. The number of cyclic esters (lactones) is 1. The lowest BCUT2D eigenvalue weighted by Crippen LogP contribution is -2.59. The predicted molar refractivity (Wildman–Crippen MR) is 175 cm³/mol. The van der Waals surface area contributed by atoms with E-state index in [0.717, 1.165) is 17.6 Å². The molecule has 0 radical (unpaired) electrons. The largest absolute Gasteiger partial charge is 0.490 e. The van der Waals surface area contributed by atoms with Crippen LogP contribution in [0.15, 0.2) is 47.3 Å². The van der Waals surface area contributed by atoms with E-state index in [0.29, 0.717) is 12.8 Å². The number of hydrogen-bond acceptors (Lipinski definition) is 9. The van der Waals surface area contributed by atoms with Crippen LogP contribution in [0.4, 0.5) is 0 Å². The number of rotatable bonds is 9. The highest BCUT2D eigenvalue weighted by atomic mass is 16.7. The Morgan fingerprint density at radius 1 is 1.09 bits per heavy atom. The van der Waals surface area contributed by atoms with Crippen molar-refractivity contribution in [1.29, 1.82) is 0 Å². The van der Waals surface area contributed by atoms with Crippen LogP contribution >= 0.6 is 0 Å². The third-order valence-corrected chi connectivity index (χ3v) is 9.91. The van der Waals surface area contributed by atoms with Gasteiger partial charge >= 0.3 is 5.97 Å². The number of methoxy groups -OCH3 is 4. The van der Waals surface area contributed by atoms with Crippen LogP contribution in [-0.2, 0) is 33.2 Å². The van der Waals surface area contributed by atoms with Crippen molar-refractivity contribution in [2.24, 2.45) is 29.6 Å². The van der Waals surface area contributed by atoms with E-state index in [1.54, 1.807) is 27.4 Å². The molecule has 9 unspecified atom stereocenters. The number of aliphatic hydroxyl groups excluding tert-OH is 2. The summed E-state index contributed by atoms with van der Waals surface area (Å²) in [7, 11) is 6.24. The minimum atomic E-state index is -1.11. The number of aliphatic hydroxyl groups is 2. The summed E-state index contributed by atoms with van der Waals surface area (Å²) in [5.41, 5.74) is 1.85. The molecule has 9 nitrogen and oxygen atoms in total. The Kier molecular flexibility index (Phi) is 15.5. The number of ether oxygens (including phenoxy) is 6. The van der Waals surface area contributed by atoms with Gasteiger partial charge in [-0.1, -0.05) is 77.0 Å². The highest BCUT2D eigenvalue weighted by Crippen LogP contribution is 2.43. The van der Waals surface area contributed by atoms with Gasteiger partial charge in [-0.05, 0) is 38.7 Å². The molecule has 0 aromatic rings. The van der Waals surface area contributed by atoms with Crippen molar-refractivity contribution in [3.05, 3.63) is 47.3 Å². The molecule has 0 aromatic carbocycles. The number of hydrogen-bond donors (Lipinski definition) is 2. The minimum absolute atomic E-state index is 0.00609. The van der Waals surface area contributed by atoms with Crippen molar-refractivity contribution in [3.8, 4) is 0 Å². The fourth-order valence-corrected chi connectivity index (χ4v) is 6.88. The molecule has 2 rings (SSSR count). The average molecular weight is 637 g/mol. The van der Waals surface area contributed by atoms with E-state index in [-0.39, 0.29) is 35.7 Å². The fraction of sp³-hybridized carbons (Fsp3) is 0.750. The zero-order chi connectivity index (χ0) is 34.1. The Balaban J connectivity index is 2.56. The number of carbonyl (C=O) groups excluding carboxylic acids is 1. The molecule has 2 aliphatic heterocycles. The maximum atomic E-state index is 13.6. The second kappa shape index (κ2) is 17.8. The first kappa shape index (κ1) is 39.2. The Bertz CT molecular complexity index is 1050. The van der Waals surface area contributed by atoms with Crippen molar-refractivity contribution < 1.29 is 43.4 Å². The first-order valence-electron chi connectivity index (χ1n) is 16.3. The molecule has 0 saturated carbocycles. The lowest BCUT2D eigenvalue weighted by Gasteiger charge is -2.51. The average Bonchev–Trinajstić information content (AvgIpc) is 3.02. The summed E-state index contributed by atoms with van der Waals surface area (Å²) in [5, 5.41) is 22.9. The molecule has 0 bridgehead atoms. The normalized spacial score (nSPS) is 36.2. The third kappa shape index (κ3) is 9.75. The summed E-state index contributed by atoms with van der Waals surface area (Å²) in [6.45, 7) is 15.8. The van der Waals surface area contributed by atoms with E-state index < -0.39 is 48.0 Å². The highest BCUT2D eigenvalue weighted by molar-refractivity contribution is 5.87. The third-order valence-electron chi connectivity index (χ3n) is 9.91. The molecular formula is C36H60O9. The van der Waals surface area contributed by atoms with Gasteiger partial charge in [0.2, 0.25) is 5.76 Å². The molecule has 0 spiro atoms. The Hall–Kier alpha value is -2.01. The van der Waals surface area contributed by atoms with Crippen LogP contribution in [0.1, 0.15) is 74.7 Å². The quantitative estimate of drug-likeness (QED) is 0.305. The predicted octanol–water partition coefficient (Wildman–Crippen LogP) is 5.75. The molecule has 12 atom stereocenters. The molecule has 1 saturated heterocycles. The zero-order valence-electron chi connectivity index (χ0n) is 29.6. The second-order valence-corrected chi connectivity index (χ2v) is 13.2. The molecule has 1 fully saturated rings. The first-order valence-corrected chi connectivity index (χ1v) is 16.3. The molecule has 2 aliphatic rings. The molecular weight excluding hydrogens is 576 g/mol. The Labute approximate surface area is 271 Å². The van der Waals surface area contributed by atoms with E-state index in [1.165, 1.54) is 7.11 Å². The molecule has 258 valence electrons. The summed E-state index contributed by atoms with van der Waals surface area (Å²) in [4.78, 5) is 13.6. The van der Waals surface area contributed by atoms with Gasteiger partial charge in [0.25, 0.3) is 0 Å². The van der Waals surface area contributed by atoms with Gasteiger partial charge in [-0.15, -0.1) is 0 Å². The summed E-state index contributed by atoms with van der Waals surface area (Å²) >= 11 is 0.